The van der Waals surface area contributed by atoms with Crippen molar-refractivity contribution in [3.05, 3.63) is 88.9 Å². The fourth-order valence-electron chi connectivity index (χ4n) is 4.61. The smallest absolute Gasteiger partial charge is 0.304 e. The molecule has 2 aromatic rings. The predicted molar refractivity (Wildman–Crippen MR) is 130 cm³/mol. The third kappa shape index (κ3) is 4.80. The Balaban J connectivity index is 1.56. The molecule has 33 heavy (non-hydrogen) atoms. The number of rotatable bonds is 8. The number of fused-ring (bicyclic) bond motifs is 1. The van der Waals surface area contributed by atoms with E-state index in [2.05, 4.69) is 60.3 Å². The van der Waals surface area contributed by atoms with Gasteiger partial charge < -0.3 is 19.6 Å². The number of carboxylic acid groups (broad SMARTS) is 1. The number of aliphatic imine (C=N–C) groups is 1. The molecule has 0 saturated heterocycles. The number of allylic oxidation sites excluding steroid dienone is 1. The van der Waals surface area contributed by atoms with Gasteiger partial charge in [0.15, 0.2) is 0 Å². The minimum absolute atomic E-state index is 0.0394. The molecule has 6 heteroatoms. The topological polar surface area (TPSA) is 65.4 Å². The molecule has 2 aliphatic rings. The maximum atomic E-state index is 11.6. The number of ether oxygens (including phenoxy) is 1. The highest BCUT2D eigenvalue weighted by molar-refractivity contribution is 6.13. The molecule has 4 rings (SSSR count). The quantitative estimate of drug-likeness (QED) is 0.620. The summed E-state index contributed by atoms with van der Waals surface area (Å²) in [7, 11) is 3.67. The van der Waals surface area contributed by atoms with Crippen molar-refractivity contribution in [1.29, 1.82) is 0 Å². The van der Waals surface area contributed by atoms with Crippen molar-refractivity contribution in [2.24, 2.45) is 4.99 Å². The van der Waals surface area contributed by atoms with Crippen LogP contribution in [0.5, 0.6) is 5.75 Å². The second-order valence-electron chi connectivity index (χ2n) is 8.65. The highest BCUT2D eigenvalue weighted by Crippen LogP contribution is 2.33. The van der Waals surface area contributed by atoms with Crippen molar-refractivity contribution in [2.75, 3.05) is 14.2 Å². The SMILES string of the molecule is CCC1N=C2C(C)=CN(C)C=C2N1Cc1ccc(C(CC(=O)O)c2ccc(OC)cc2)cc1. The zero-order chi connectivity index (χ0) is 23.5. The van der Waals surface area contributed by atoms with Crippen molar-refractivity contribution in [2.45, 2.75) is 45.3 Å². The first kappa shape index (κ1) is 22.6. The lowest BCUT2D eigenvalue weighted by atomic mass is 9.88. The number of hydrogen-bond acceptors (Lipinski definition) is 5. The molecule has 0 saturated carbocycles. The summed E-state index contributed by atoms with van der Waals surface area (Å²) in [5, 5.41) is 9.50. The van der Waals surface area contributed by atoms with E-state index in [1.165, 1.54) is 11.1 Å². The number of methoxy groups -OCH3 is 1. The van der Waals surface area contributed by atoms with Crippen molar-refractivity contribution >= 4 is 11.7 Å². The Bertz CT molecular complexity index is 1100. The monoisotopic (exact) mass is 445 g/mol. The van der Waals surface area contributed by atoms with Crippen LogP contribution in [0.4, 0.5) is 0 Å². The number of hydrogen-bond donors (Lipinski definition) is 1. The maximum absolute atomic E-state index is 11.6. The van der Waals surface area contributed by atoms with Gasteiger partial charge in [0.1, 0.15) is 11.9 Å². The molecule has 0 spiro atoms. The first-order valence-electron chi connectivity index (χ1n) is 11.3. The molecular weight excluding hydrogens is 414 g/mol. The summed E-state index contributed by atoms with van der Waals surface area (Å²) < 4.78 is 5.24. The van der Waals surface area contributed by atoms with Crippen molar-refractivity contribution < 1.29 is 14.6 Å². The number of carboxylic acids is 1. The standard InChI is InChI=1S/C27H31N3O3/c1-5-25-28-27-18(2)15-29(3)17-24(27)30(25)16-19-6-8-20(9-7-19)23(14-26(31)32)21-10-12-22(33-4)13-11-21/h6-13,15,17,23,25H,5,14,16H2,1-4H3,(H,31,32). The van der Waals surface area contributed by atoms with E-state index in [0.29, 0.717) is 0 Å². The van der Waals surface area contributed by atoms with E-state index < -0.39 is 5.97 Å². The average Bonchev–Trinajstić information content (AvgIpc) is 3.16. The Labute approximate surface area is 195 Å². The van der Waals surface area contributed by atoms with Crippen LogP contribution in [0.3, 0.4) is 0 Å². The van der Waals surface area contributed by atoms with Gasteiger partial charge in [0.05, 0.1) is 24.9 Å². The molecule has 2 aromatic carbocycles. The summed E-state index contributed by atoms with van der Waals surface area (Å²) >= 11 is 0. The molecular formula is C27H31N3O3. The third-order valence-corrected chi connectivity index (χ3v) is 6.28. The molecule has 1 N–H and O–H groups in total. The molecule has 0 amide bonds. The molecule has 6 nitrogen and oxygen atoms in total. The lowest BCUT2D eigenvalue weighted by Crippen LogP contribution is -2.31. The van der Waals surface area contributed by atoms with Gasteiger partial charge in [-0.25, -0.2) is 0 Å². The predicted octanol–water partition coefficient (Wildman–Crippen LogP) is 4.99. The summed E-state index contributed by atoms with van der Waals surface area (Å²) in [5.74, 6) is -0.270. The van der Waals surface area contributed by atoms with Crippen LogP contribution in [-0.2, 0) is 11.3 Å². The van der Waals surface area contributed by atoms with Crippen molar-refractivity contribution in [3.8, 4) is 5.75 Å². The summed E-state index contributed by atoms with van der Waals surface area (Å²) in [6, 6.07) is 16.0. The number of aliphatic carboxylic acids is 1. The van der Waals surface area contributed by atoms with Crippen LogP contribution in [0.25, 0.3) is 0 Å². The number of carbonyl (C=O) groups is 1. The third-order valence-electron chi connectivity index (χ3n) is 6.28. The fourth-order valence-corrected chi connectivity index (χ4v) is 4.61. The summed E-state index contributed by atoms with van der Waals surface area (Å²) in [5.41, 5.74) is 6.56. The summed E-state index contributed by atoms with van der Waals surface area (Å²) in [4.78, 5) is 21.0. The molecule has 2 atom stereocenters. The van der Waals surface area contributed by atoms with E-state index in [0.717, 1.165) is 41.3 Å². The van der Waals surface area contributed by atoms with Gasteiger partial charge in [0, 0.05) is 31.9 Å². The molecule has 172 valence electrons. The minimum atomic E-state index is -0.816. The van der Waals surface area contributed by atoms with Gasteiger partial charge in [-0.1, -0.05) is 43.3 Å². The van der Waals surface area contributed by atoms with Gasteiger partial charge in [-0.2, -0.15) is 0 Å². The van der Waals surface area contributed by atoms with Crippen LogP contribution < -0.4 is 4.74 Å². The maximum Gasteiger partial charge on any atom is 0.304 e. The van der Waals surface area contributed by atoms with Gasteiger partial charge in [-0.15, -0.1) is 0 Å². The van der Waals surface area contributed by atoms with Crippen molar-refractivity contribution in [1.82, 2.24) is 9.80 Å². The van der Waals surface area contributed by atoms with E-state index in [4.69, 9.17) is 9.73 Å². The fraction of sp³-hybridized carbons (Fsp3) is 0.333. The molecule has 0 aromatic heterocycles. The lowest BCUT2D eigenvalue weighted by molar-refractivity contribution is -0.137. The highest BCUT2D eigenvalue weighted by atomic mass is 16.5. The number of benzene rings is 2. The molecule has 0 bridgehead atoms. The summed E-state index contributed by atoms with van der Waals surface area (Å²) in [6.45, 7) is 5.02. The molecule has 0 fully saturated rings. The number of nitrogens with zero attached hydrogens (tertiary/aromatic N) is 3. The van der Waals surface area contributed by atoms with E-state index in [-0.39, 0.29) is 18.5 Å². The Kier molecular flexibility index (Phi) is 6.54. The van der Waals surface area contributed by atoms with Gasteiger partial charge in [-0.05, 0) is 47.7 Å². The Morgan fingerprint density at radius 2 is 1.73 bits per heavy atom. The second-order valence-corrected chi connectivity index (χ2v) is 8.65. The van der Waals surface area contributed by atoms with Crippen LogP contribution in [0.1, 0.15) is 49.3 Å². The molecule has 2 heterocycles. The first-order chi connectivity index (χ1) is 15.9. The largest absolute Gasteiger partial charge is 0.497 e. The minimum Gasteiger partial charge on any atom is -0.497 e. The molecule has 2 aliphatic heterocycles. The van der Waals surface area contributed by atoms with Crippen LogP contribution in [-0.4, -0.2) is 46.9 Å². The first-order valence-corrected chi connectivity index (χ1v) is 11.3. The van der Waals surface area contributed by atoms with Gasteiger partial charge >= 0.3 is 5.97 Å². The van der Waals surface area contributed by atoms with Gasteiger partial charge in [0.25, 0.3) is 0 Å². The van der Waals surface area contributed by atoms with Crippen LogP contribution in [0.15, 0.2) is 77.2 Å². The zero-order valence-corrected chi connectivity index (χ0v) is 19.7. The second kappa shape index (κ2) is 9.53. The Hall–Kier alpha value is -3.54. The van der Waals surface area contributed by atoms with E-state index in [1.807, 2.05) is 31.3 Å². The Morgan fingerprint density at radius 3 is 2.30 bits per heavy atom. The lowest BCUT2D eigenvalue weighted by Gasteiger charge is -2.29. The van der Waals surface area contributed by atoms with Crippen LogP contribution >= 0.6 is 0 Å². The zero-order valence-electron chi connectivity index (χ0n) is 19.7. The van der Waals surface area contributed by atoms with E-state index in [1.54, 1.807) is 7.11 Å². The highest BCUT2D eigenvalue weighted by Gasteiger charge is 2.32. The molecule has 0 radical (unpaired) electrons. The van der Waals surface area contributed by atoms with Crippen LogP contribution in [0.2, 0.25) is 0 Å². The van der Waals surface area contributed by atoms with E-state index in [9.17, 15) is 9.90 Å². The van der Waals surface area contributed by atoms with Gasteiger partial charge in [-0.3, -0.25) is 9.79 Å². The normalized spacial score (nSPS) is 18.3. The van der Waals surface area contributed by atoms with Crippen molar-refractivity contribution in [3.63, 3.8) is 0 Å². The molecule has 2 unspecified atom stereocenters. The van der Waals surface area contributed by atoms with Gasteiger partial charge in [0.2, 0.25) is 0 Å². The Morgan fingerprint density at radius 1 is 1.09 bits per heavy atom. The molecule has 0 aliphatic carbocycles. The summed E-state index contributed by atoms with van der Waals surface area (Å²) in [6.07, 6.45) is 5.35. The van der Waals surface area contributed by atoms with Crippen LogP contribution in [0, 0.1) is 0 Å². The van der Waals surface area contributed by atoms with E-state index >= 15 is 0 Å². The average molecular weight is 446 g/mol.